The van der Waals surface area contributed by atoms with E-state index in [9.17, 15) is 0 Å². The molecule has 0 N–H and O–H groups in total. The van der Waals surface area contributed by atoms with Gasteiger partial charge in [-0.25, -0.2) is 0 Å². The standard InChI is InChI=1S/C6H10Cl2/c1-4(2)6(8)5(3)7/h4,6H,3H2,1-2H3. The van der Waals surface area contributed by atoms with Crippen LogP contribution >= 0.6 is 23.2 Å². The van der Waals surface area contributed by atoms with Crippen LogP contribution < -0.4 is 0 Å². The second-order valence-corrected chi connectivity index (χ2v) is 3.05. The normalized spacial score (nSPS) is 14.1. The van der Waals surface area contributed by atoms with Crippen molar-refractivity contribution in [2.45, 2.75) is 19.2 Å². The number of allylic oxidation sites excluding steroid dienone is 1. The predicted molar refractivity (Wildman–Crippen MR) is 39.5 cm³/mol. The van der Waals surface area contributed by atoms with Gasteiger partial charge < -0.3 is 0 Å². The van der Waals surface area contributed by atoms with Gasteiger partial charge >= 0.3 is 0 Å². The van der Waals surface area contributed by atoms with Gasteiger partial charge in [0.25, 0.3) is 0 Å². The minimum atomic E-state index is -0.0864. The molecule has 0 spiro atoms. The van der Waals surface area contributed by atoms with Crippen LogP contribution in [0.1, 0.15) is 13.8 Å². The van der Waals surface area contributed by atoms with Crippen LogP contribution in [0.4, 0.5) is 0 Å². The Morgan fingerprint density at radius 1 is 1.50 bits per heavy atom. The molecule has 1 atom stereocenters. The van der Waals surface area contributed by atoms with E-state index >= 15 is 0 Å². The maximum atomic E-state index is 5.72. The Morgan fingerprint density at radius 2 is 1.88 bits per heavy atom. The predicted octanol–water partition coefficient (Wildman–Crippen LogP) is 3.00. The minimum absolute atomic E-state index is 0.0864. The molecule has 0 aliphatic carbocycles. The lowest BCUT2D eigenvalue weighted by Crippen LogP contribution is -2.06. The van der Waals surface area contributed by atoms with Gasteiger partial charge in [0.1, 0.15) is 0 Å². The van der Waals surface area contributed by atoms with Crippen molar-refractivity contribution in [3.05, 3.63) is 11.6 Å². The quantitative estimate of drug-likeness (QED) is 0.535. The second-order valence-electron chi connectivity index (χ2n) is 2.09. The molecule has 0 nitrogen and oxygen atoms in total. The zero-order valence-corrected chi connectivity index (χ0v) is 6.63. The lowest BCUT2D eigenvalue weighted by molar-refractivity contribution is 0.666. The highest BCUT2D eigenvalue weighted by Crippen LogP contribution is 2.19. The second kappa shape index (κ2) is 3.37. The highest BCUT2D eigenvalue weighted by Gasteiger charge is 2.10. The molecule has 0 saturated carbocycles. The number of hydrogen-bond donors (Lipinski definition) is 0. The molecule has 48 valence electrons. The van der Waals surface area contributed by atoms with Crippen molar-refractivity contribution in [3.63, 3.8) is 0 Å². The Kier molecular flexibility index (Phi) is 3.50. The van der Waals surface area contributed by atoms with Gasteiger partial charge in [-0.3, -0.25) is 0 Å². The summed E-state index contributed by atoms with van der Waals surface area (Å²) < 4.78 is 0. The Hall–Kier alpha value is 0.320. The van der Waals surface area contributed by atoms with E-state index in [0.29, 0.717) is 11.0 Å². The summed E-state index contributed by atoms with van der Waals surface area (Å²) in [5.41, 5.74) is 0. The third kappa shape index (κ3) is 2.58. The van der Waals surface area contributed by atoms with Crippen LogP contribution in [0.15, 0.2) is 11.6 Å². The van der Waals surface area contributed by atoms with E-state index in [0.717, 1.165) is 0 Å². The molecule has 0 radical (unpaired) electrons. The van der Waals surface area contributed by atoms with Crippen molar-refractivity contribution in [2.75, 3.05) is 0 Å². The molecular formula is C6H10Cl2. The van der Waals surface area contributed by atoms with Crippen molar-refractivity contribution < 1.29 is 0 Å². The van der Waals surface area contributed by atoms with E-state index in [4.69, 9.17) is 23.2 Å². The fraction of sp³-hybridized carbons (Fsp3) is 0.667. The summed E-state index contributed by atoms with van der Waals surface area (Å²) >= 11 is 11.2. The Balaban J connectivity index is 3.64. The SMILES string of the molecule is C=C(Cl)C(Cl)C(C)C. The zero-order valence-electron chi connectivity index (χ0n) is 5.12. The summed E-state index contributed by atoms with van der Waals surface area (Å²) in [5, 5.41) is 0.443. The topological polar surface area (TPSA) is 0 Å². The highest BCUT2D eigenvalue weighted by molar-refractivity contribution is 6.37. The molecule has 0 heterocycles. The summed E-state index contributed by atoms with van der Waals surface area (Å²) in [6.07, 6.45) is 0. The first-order chi connectivity index (χ1) is 3.55. The lowest BCUT2D eigenvalue weighted by atomic mass is 10.1. The molecule has 0 saturated heterocycles. The first-order valence-corrected chi connectivity index (χ1v) is 3.35. The highest BCUT2D eigenvalue weighted by atomic mass is 35.5. The van der Waals surface area contributed by atoms with E-state index in [-0.39, 0.29) is 5.38 Å². The van der Waals surface area contributed by atoms with Gasteiger partial charge in [0.2, 0.25) is 0 Å². The van der Waals surface area contributed by atoms with E-state index in [2.05, 4.69) is 6.58 Å². The molecular weight excluding hydrogens is 143 g/mol. The third-order valence-corrected chi connectivity index (χ3v) is 2.00. The smallest absolute Gasteiger partial charge is 0.0709 e. The number of halogens is 2. The fourth-order valence-electron chi connectivity index (χ4n) is 0.362. The molecule has 8 heavy (non-hydrogen) atoms. The van der Waals surface area contributed by atoms with Crippen LogP contribution in [-0.4, -0.2) is 5.38 Å². The van der Waals surface area contributed by atoms with E-state index in [1.807, 2.05) is 13.8 Å². The summed E-state index contributed by atoms with van der Waals surface area (Å²) in [7, 11) is 0. The van der Waals surface area contributed by atoms with Gasteiger partial charge in [0.15, 0.2) is 0 Å². The average Bonchev–Trinajstić information content (AvgIpc) is 1.64. The molecule has 0 bridgehead atoms. The first-order valence-electron chi connectivity index (χ1n) is 2.54. The Labute approximate surface area is 60.5 Å². The van der Waals surface area contributed by atoms with Gasteiger partial charge in [0, 0.05) is 5.03 Å². The monoisotopic (exact) mass is 152 g/mol. The maximum Gasteiger partial charge on any atom is 0.0709 e. The molecule has 0 amide bonds. The molecule has 0 fully saturated rings. The maximum absolute atomic E-state index is 5.72. The molecule has 1 unspecified atom stereocenters. The molecule has 0 aliphatic rings. The van der Waals surface area contributed by atoms with Crippen molar-refractivity contribution in [1.29, 1.82) is 0 Å². The first kappa shape index (κ1) is 8.32. The Morgan fingerprint density at radius 3 is 1.88 bits per heavy atom. The molecule has 0 rings (SSSR count). The van der Waals surface area contributed by atoms with Gasteiger partial charge in [-0.2, -0.15) is 0 Å². The number of hydrogen-bond acceptors (Lipinski definition) is 0. The van der Waals surface area contributed by atoms with Crippen LogP contribution in [0.2, 0.25) is 0 Å². The van der Waals surface area contributed by atoms with E-state index in [1.165, 1.54) is 0 Å². The minimum Gasteiger partial charge on any atom is -0.117 e. The lowest BCUT2D eigenvalue weighted by Gasteiger charge is -2.09. The van der Waals surface area contributed by atoms with E-state index < -0.39 is 0 Å². The third-order valence-electron chi connectivity index (χ3n) is 0.885. The summed E-state index contributed by atoms with van der Waals surface area (Å²) in [6, 6.07) is 0. The number of alkyl halides is 1. The van der Waals surface area contributed by atoms with Crippen LogP contribution in [0.25, 0.3) is 0 Å². The van der Waals surface area contributed by atoms with Gasteiger partial charge in [-0.05, 0) is 5.92 Å². The number of rotatable bonds is 2. The van der Waals surface area contributed by atoms with Crippen LogP contribution in [-0.2, 0) is 0 Å². The summed E-state index contributed by atoms with van der Waals surface area (Å²) in [6.45, 7) is 7.52. The van der Waals surface area contributed by atoms with Crippen molar-refractivity contribution >= 4 is 23.2 Å². The van der Waals surface area contributed by atoms with Crippen molar-refractivity contribution in [3.8, 4) is 0 Å². The fourth-order valence-corrected chi connectivity index (χ4v) is 0.614. The molecule has 2 heteroatoms. The molecule has 0 aromatic heterocycles. The molecule has 0 aromatic carbocycles. The molecule has 0 aliphatic heterocycles. The van der Waals surface area contributed by atoms with Gasteiger partial charge in [0.05, 0.1) is 5.38 Å². The zero-order chi connectivity index (χ0) is 6.73. The molecule has 0 aromatic rings. The Bertz CT molecular complexity index is 86.5. The summed E-state index contributed by atoms with van der Waals surface area (Å²) in [4.78, 5) is 0. The van der Waals surface area contributed by atoms with E-state index in [1.54, 1.807) is 0 Å². The van der Waals surface area contributed by atoms with Crippen LogP contribution in [0, 0.1) is 5.92 Å². The van der Waals surface area contributed by atoms with Crippen molar-refractivity contribution in [1.82, 2.24) is 0 Å². The van der Waals surface area contributed by atoms with Gasteiger partial charge in [-0.1, -0.05) is 32.0 Å². The summed E-state index contributed by atoms with van der Waals surface area (Å²) in [5.74, 6) is 0.377. The average molecular weight is 153 g/mol. The largest absolute Gasteiger partial charge is 0.117 e. The van der Waals surface area contributed by atoms with Gasteiger partial charge in [-0.15, -0.1) is 11.6 Å². The van der Waals surface area contributed by atoms with Crippen molar-refractivity contribution in [2.24, 2.45) is 5.92 Å². The van der Waals surface area contributed by atoms with Crippen LogP contribution in [0.3, 0.4) is 0 Å². The van der Waals surface area contributed by atoms with Crippen LogP contribution in [0.5, 0.6) is 0 Å².